The molecule has 1 N–H and O–H groups in total. The van der Waals surface area contributed by atoms with Gasteiger partial charge in [0.25, 0.3) is 5.91 Å². The Bertz CT molecular complexity index is 503. The highest BCUT2D eigenvalue weighted by Gasteiger charge is 2.53. The average molecular weight is 333 g/mol. The standard InChI is InChI=1S/C19H31N3O2/c1-14-9-11-19(12-10-14)17(23)22(18(24)20-19)13-21(16-7-8-16)15-5-3-2-4-6-15/h14-16H,2-13H2,1H3,(H,20,24). The van der Waals surface area contributed by atoms with Gasteiger partial charge >= 0.3 is 6.03 Å². The monoisotopic (exact) mass is 333 g/mol. The Morgan fingerprint density at radius 3 is 2.25 bits per heavy atom. The molecule has 24 heavy (non-hydrogen) atoms. The molecule has 1 aliphatic heterocycles. The SMILES string of the molecule is CC1CCC2(CC1)NC(=O)N(CN(C1CCCCC1)C1CC1)C2=O. The fourth-order valence-electron chi connectivity index (χ4n) is 4.91. The van der Waals surface area contributed by atoms with Crippen molar-refractivity contribution in [2.24, 2.45) is 5.92 Å². The van der Waals surface area contributed by atoms with Gasteiger partial charge in [-0.25, -0.2) is 9.69 Å². The zero-order chi connectivity index (χ0) is 16.7. The molecule has 0 radical (unpaired) electrons. The van der Waals surface area contributed by atoms with E-state index < -0.39 is 5.54 Å². The molecular formula is C19H31N3O2. The number of urea groups is 1. The Kier molecular flexibility index (Phi) is 4.31. The highest BCUT2D eigenvalue weighted by molar-refractivity contribution is 6.07. The van der Waals surface area contributed by atoms with Crippen molar-refractivity contribution in [3.8, 4) is 0 Å². The van der Waals surface area contributed by atoms with Crippen molar-refractivity contribution < 1.29 is 9.59 Å². The first-order valence-corrected chi connectivity index (χ1v) is 9.99. The molecule has 3 saturated carbocycles. The third-order valence-electron chi connectivity index (χ3n) is 6.74. The number of carbonyl (C=O) groups is 2. The number of hydrogen-bond acceptors (Lipinski definition) is 3. The molecule has 0 aromatic rings. The second-order valence-corrected chi connectivity index (χ2v) is 8.61. The summed E-state index contributed by atoms with van der Waals surface area (Å²) in [5.41, 5.74) is -0.592. The predicted octanol–water partition coefficient (Wildman–Crippen LogP) is 3.24. The van der Waals surface area contributed by atoms with Gasteiger partial charge in [-0.1, -0.05) is 26.2 Å². The van der Waals surface area contributed by atoms with Crippen molar-refractivity contribution in [1.29, 1.82) is 0 Å². The second kappa shape index (κ2) is 6.32. The lowest BCUT2D eigenvalue weighted by Crippen LogP contribution is -2.51. The summed E-state index contributed by atoms with van der Waals surface area (Å²) < 4.78 is 0. The summed E-state index contributed by atoms with van der Waals surface area (Å²) in [6.07, 6.45) is 12.5. The number of imide groups is 1. The van der Waals surface area contributed by atoms with Crippen LogP contribution in [0.5, 0.6) is 0 Å². The molecule has 0 atom stereocenters. The van der Waals surface area contributed by atoms with Gasteiger partial charge < -0.3 is 5.32 Å². The van der Waals surface area contributed by atoms with Crippen LogP contribution in [0.25, 0.3) is 0 Å². The predicted molar refractivity (Wildman–Crippen MR) is 92.3 cm³/mol. The lowest BCUT2D eigenvalue weighted by Gasteiger charge is -2.37. The Morgan fingerprint density at radius 2 is 1.62 bits per heavy atom. The second-order valence-electron chi connectivity index (χ2n) is 8.61. The van der Waals surface area contributed by atoms with Crippen LogP contribution in [0, 0.1) is 5.92 Å². The minimum absolute atomic E-state index is 0.0425. The van der Waals surface area contributed by atoms with Crippen LogP contribution in [-0.2, 0) is 4.79 Å². The Morgan fingerprint density at radius 1 is 1.00 bits per heavy atom. The molecule has 4 aliphatic rings. The number of carbonyl (C=O) groups excluding carboxylic acids is 2. The van der Waals surface area contributed by atoms with Crippen LogP contribution >= 0.6 is 0 Å². The summed E-state index contributed by atoms with van der Waals surface area (Å²) in [6.45, 7) is 2.75. The molecule has 0 aromatic carbocycles. The Hall–Kier alpha value is -1.10. The van der Waals surface area contributed by atoms with Gasteiger partial charge in [-0.2, -0.15) is 0 Å². The highest BCUT2D eigenvalue weighted by Crippen LogP contribution is 2.38. The van der Waals surface area contributed by atoms with Gasteiger partial charge in [-0.05, 0) is 57.3 Å². The van der Waals surface area contributed by atoms with E-state index in [0.717, 1.165) is 25.7 Å². The van der Waals surface area contributed by atoms with Crippen LogP contribution in [0.2, 0.25) is 0 Å². The molecule has 1 saturated heterocycles. The number of nitrogens with zero attached hydrogens (tertiary/aromatic N) is 2. The maximum atomic E-state index is 13.1. The lowest BCUT2D eigenvalue weighted by atomic mass is 9.77. The maximum Gasteiger partial charge on any atom is 0.326 e. The molecule has 0 aromatic heterocycles. The number of hydrogen-bond donors (Lipinski definition) is 1. The Labute approximate surface area is 145 Å². The first-order valence-electron chi connectivity index (χ1n) is 9.99. The summed E-state index contributed by atoms with van der Waals surface area (Å²) >= 11 is 0. The number of nitrogens with one attached hydrogen (secondary N) is 1. The van der Waals surface area contributed by atoms with Crippen LogP contribution < -0.4 is 5.32 Å². The highest BCUT2D eigenvalue weighted by atomic mass is 16.2. The van der Waals surface area contributed by atoms with Crippen molar-refractivity contribution in [2.75, 3.05) is 6.67 Å². The van der Waals surface area contributed by atoms with E-state index in [1.807, 2.05) is 0 Å². The van der Waals surface area contributed by atoms with Gasteiger partial charge in [0.15, 0.2) is 0 Å². The van der Waals surface area contributed by atoms with Crippen LogP contribution in [0.4, 0.5) is 4.79 Å². The summed E-state index contributed by atoms with van der Waals surface area (Å²) in [5, 5.41) is 3.07. The molecular weight excluding hydrogens is 302 g/mol. The van der Waals surface area contributed by atoms with Gasteiger partial charge in [0, 0.05) is 12.1 Å². The average Bonchev–Trinajstić information content (AvgIpc) is 3.40. The molecule has 0 bridgehead atoms. The third-order valence-corrected chi connectivity index (χ3v) is 6.74. The zero-order valence-corrected chi connectivity index (χ0v) is 14.9. The van der Waals surface area contributed by atoms with Gasteiger partial charge in [0.05, 0.1) is 6.67 Å². The van der Waals surface area contributed by atoms with Crippen molar-refractivity contribution >= 4 is 11.9 Å². The molecule has 3 amide bonds. The van der Waals surface area contributed by atoms with E-state index in [2.05, 4.69) is 17.1 Å². The van der Waals surface area contributed by atoms with E-state index in [4.69, 9.17) is 0 Å². The fourth-order valence-corrected chi connectivity index (χ4v) is 4.91. The van der Waals surface area contributed by atoms with E-state index in [0.29, 0.717) is 24.7 Å². The molecule has 134 valence electrons. The Balaban J connectivity index is 1.46. The van der Waals surface area contributed by atoms with E-state index in [9.17, 15) is 9.59 Å². The van der Waals surface area contributed by atoms with E-state index >= 15 is 0 Å². The topological polar surface area (TPSA) is 52.7 Å². The normalized spacial score (nSPS) is 35.1. The largest absolute Gasteiger partial charge is 0.326 e. The third kappa shape index (κ3) is 2.96. The molecule has 1 spiro atoms. The minimum atomic E-state index is -0.592. The minimum Gasteiger partial charge on any atom is -0.323 e. The molecule has 3 aliphatic carbocycles. The van der Waals surface area contributed by atoms with Gasteiger partial charge in [0.1, 0.15) is 5.54 Å². The maximum absolute atomic E-state index is 13.1. The van der Waals surface area contributed by atoms with Crippen LogP contribution in [0.1, 0.15) is 77.6 Å². The van der Waals surface area contributed by atoms with Crippen LogP contribution in [-0.4, -0.2) is 46.0 Å². The van der Waals surface area contributed by atoms with Crippen molar-refractivity contribution in [1.82, 2.24) is 15.1 Å². The molecule has 0 unspecified atom stereocenters. The molecule has 4 fully saturated rings. The van der Waals surface area contributed by atoms with E-state index in [1.165, 1.54) is 49.8 Å². The molecule has 5 heteroatoms. The quantitative estimate of drug-likeness (QED) is 0.804. The van der Waals surface area contributed by atoms with Crippen LogP contribution in [0.15, 0.2) is 0 Å². The summed E-state index contributed by atoms with van der Waals surface area (Å²) in [6, 6.07) is 1.00. The van der Waals surface area contributed by atoms with Crippen LogP contribution in [0.3, 0.4) is 0 Å². The summed E-state index contributed by atoms with van der Waals surface area (Å²) in [4.78, 5) is 29.6. The lowest BCUT2D eigenvalue weighted by molar-refractivity contribution is -0.134. The first kappa shape index (κ1) is 16.4. The van der Waals surface area contributed by atoms with Crippen molar-refractivity contribution in [2.45, 2.75) is 95.2 Å². The van der Waals surface area contributed by atoms with Gasteiger partial charge in [-0.15, -0.1) is 0 Å². The first-order chi connectivity index (χ1) is 11.6. The fraction of sp³-hybridized carbons (Fsp3) is 0.895. The summed E-state index contributed by atoms with van der Waals surface area (Å²) in [7, 11) is 0. The number of amides is 3. The van der Waals surface area contributed by atoms with Crippen molar-refractivity contribution in [3.63, 3.8) is 0 Å². The zero-order valence-electron chi connectivity index (χ0n) is 14.9. The van der Waals surface area contributed by atoms with Gasteiger partial charge in [-0.3, -0.25) is 9.69 Å². The van der Waals surface area contributed by atoms with Crippen molar-refractivity contribution in [3.05, 3.63) is 0 Å². The molecule has 4 rings (SSSR count). The molecule has 5 nitrogen and oxygen atoms in total. The van der Waals surface area contributed by atoms with E-state index in [-0.39, 0.29) is 11.9 Å². The number of rotatable bonds is 4. The summed E-state index contributed by atoms with van der Waals surface area (Å²) in [5.74, 6) is 0.709. The van der Waals surface area contributed by atoms with E-state index in [1.54, 1.807) is 0 Å². The smallest absolute Gasteiger partial charge is 0.323 e. The molecule has 1 heterocycles. The van der Waals surface area contributed by atoms with Gasteiger partial charge in [0.2, 0.25) is 0 Å².